The Bertz CT molecular complexity index is 527. The molecule has 1 rings (SSSR count). The highest BCUT2D eigenvalue weighted by molar-refractivity contribution is 7.89. The van der Waals surface area contributed by atoms with Gasteiger partial charge in [0.2, 0.25) is 10.0 Å². The largest absolute Gasteiger partial charge is 0.326 e. The molecule has 0 atom stereocenters. The topological polar surface area (TPSA) is 63.4 Å². The Morgan fingerprint density at radius 1 is 1.32 bits per heavy atom. The lowest BCUT2D eigenvalue weighted by Crippen LogP contribution is -2.36. The van der Waals surface area contributed by atoms with Crippen LogP contribution in [-0.2, 0) is 16.6 Å². The van der Waals surface area contributed by atoms with Crippen molar-refractivity contribution < 1.29 is 8.42 Å². The van der Waals surface area contributed by atoms with Crippen LogP contribution in [0.5, 0.6) is 0 Å². The smallest absolute Gasteiger partial charge is 0.244 e. The first-order chi connectivity index (χ1) is 8.88. The molecular weight excluding hydrogens is 284 g/mol. The van der Waals surface area contributed by atoms with E-state index in [0.717, 1.165) is 18.4 Å². The molecule has 0 aliphatic heterocycles. The van der Waals surface area contributed by atoms with E-state index in [-0.39, 0.29) is 16.0 Å². The van der Waals surface area contributed by atoms with Gasteiger partial charge in [0.05, 0.1) is 5.02 Å². The molecular formula is C13H21ClN2O2S. The Morgan fingerprint density at radius 2 is 1.89 bits per heavy atom. The van der Waals surface area contributed by atoms with Crippen LogP contribution in [0.2, 0.25) is 5.02 Å². The van der Waals surface area contributed by atoms with Gasteiger partial charge < -0.3 is 5.73 Å². The van der Waals surface area contributed by atoms with E-state index in [9.17, 15) is 8.42 Å². The second-order valence-corrected chi connectivity index (χ2v) is 6.83. The molecule has 0 saturated carbocycles. The number of halogens is 1. The van der Waals surface area contributed by atoms with Gasteiger partial charge in [-0.3, -0.25) is 0 Å². The average molecular weight is 305 g/mol. The van der Waals surface area contributed by atoms with Crippen molar-refractivity contribution in [3.8, 4) is 0 Å². The van der Waals surface area contributed by atoms with Crippen LogP contribution in [0.1, 0.15) is 32.3 Å². The molecule has 0 saturated heterocycles. The van der Waals surface area contributed by atoms with Gasteiger partial charge in [0, 0.05) is 19.6 Å². The van der Waals surface area contributed by atoms with Crippen LogP contribution in [0.15, 0.2) is 23.1 Å². The van der Waals surface area contributed by atoms with Crippen LogP contribution in [0, 0.1) is 0 Å². The molecule has 1 aromatic rings. The lowest BCUT2D eigenvalue weighted by molar-refractivity contribution is 0.350. The summed E-state index contributed by atoms with van der Waals surface area (Å²) >= 11 is 6.07. The van der Waals surface area contributed by atoms with E-state index in [1.807, 2.05) is 13.8 Å². The molecule has 6 heteroatoms. The summed E-state index contributed by atoms with van der Waals surface area (Å²) in [6.45, 7) is 4.28. The van der Waals surface area contributed by atoms with Crippen molar-refractivity contribution in [3.05, 3.63) is 28.8 Å². The monoisotopic (exact) mass is 304 g/mol. The molecule has 0 aromatic heterocycles. The van der Waals surface area contributed by atoms with Crippen LogP contribution < -0.4 is 5.73 Å². The van der Waals surface area contributed by atoms with Crippen LogP contribution in [0.4, 0.5) is 0 Å². The Kier molecular flexibility index (Phi) is 5.80. The van der Waals surface area contributed by atoms with Gasteiger partial charge in [0.25, 0.3) is 0 Å². The summed E-state index contributed by atoms with van der Waals surface area (Å²) in [4.78, 5) is 0.140. The number of hydrogen-bond acceptors (Lipinski definition) is 3. The van der Waals surface area contributed by atoms with Gasteiger partial charge in [-0.1, -0.05) is 31.5 Å². The Balaban J connectivity index is 3.20. The van der Waals surface area contributed by atoms with Gasteiger partial charge in [-0.25, -0.2) is 8.42 Å². The lowest BCUT2D eigenvalue weighted by Gasteiger charge is -2.26. The molecule has 4 nitrogen and oxygen atoms in total. The number of sulfonamides is 1. The normalized spacial score (nSPS) is 12.4. The van der Waals surface area contributed by atoms with Crippen LogP contribution in [-0.4, -0.2) is 25.8 Å². The molecule has 0 aliphatic carbocycles. The van der Waals surface area contributed by atoms with Gasteiger partial charge in [0.15, 0.2) is 0 Å². The highest BCUT2D eigenvalue weighted by atomic mass is 35.5. The Morgan fingerprint density at radius 3 is 2.32 bits per heavy atom. The van der Waals surface area contributed by atoms with Gasteiger partial charge >= 0.3 is 0 Å². The quantitative estimate of drug-likeness (QED) is 0.878. The molecule has 0 spiro atoms. The standard InChI is InChI=1S/C13H21ClN2O2S/c1-4-11(5-2)16(3)19(17,18)13-7-6-10(9-15)8-12(13)14/h6-8,11H,4-5,9,15H2,1-3H3. The second-order valence-electron chi connectivity index (χ2n) is 4.46. The lowest BCUT2D eigenvalue weighted by atomic mass is 10.2. The average Bonchev–Trinajstić information content (AvgIpc) is 2.39. The Hall–Kier alpha value is -0.620. The van der Waals surface area contributed by atoms with E-state index >= 15 is 0 Å². The highest BCUT2D eigenvalue weighted by Crippen LogP contribution is 2.27. The second kappa shape index (κ2) is 6.70. The zero-order valence-electron chi connectivity index (χ0n) is 11.6. The van der Waals surface area contributed by atoms with Crippen molar-refractivity contribution in [2.75, 3.05) is 7.05 Å². The summed E-state index contributed by atoms with van der Waals surface area (Å²) in [5, 5.41) is 0.223. The predicted octanol–water partition coefficient (Wildman–Crippen LogP) is 2.61. The predicted molar refractivity (Wildman–Crippen MR) is 78.7 cm³/mol. The fourth-order valence-corrected chi connectivity index (χ4v) is 4.08. The molecule has 108 valence electrons. The highest BCUT2D eigenvalue weighted by Gasteiger charge is 2.27. The minimum atomic E-state index is -3.56. The molecule has 0 bridgehead atoms. The third-order valence-corrected chi connectivity index (χ3v) is 5.74. The molecule has 0 heterocycles. The van der Waals surface area contributed by atoms with Crippen molar-refractivity contribution in [1.82, 2.24) is 4.31 Å². The van der Waals surface area contributed by atoms with E-state index < -0.39 is 10.0 Å². The Labute approximate surface area is 120 Å². The molecule has 1 aromatic carbocycles. The van der Waals surface area contributed by atoms with E-state index in [1.54, 1.807) is 19.2 Å². The van der Waals surface area contributed by atoms with Crippen LogP contribution in [0.3, 0.4) is 0 Å². The first kappa shape index (κ1) is 16.4. The molecule has 0 radical (unpaired) electrons. The van der Waals surface area contributed by atoms with Crippen molar-refractivity contribution in [1.29, 1.82) is 0 Å². The third-order valence-electron chi connectivity index (χ3n) is 3.35. The molecule has 19 heavy (non-hydrogen) atoms. The maximum atomic E-state index is 12.5. The summed E-state index contributed by atoms with van der Waals surface area (Å²) in [6.07, 6.45) is 1.54. The van der Waals surface area contributed by atoms with Crippen molar-refractivity contribution in [2.24, 2.45) is 5.73 Å². The third kappa shape index (κ3) is 3.48. The SMILES string of the molecule is CCC(CC)N(C)S(=O)(=O)c1ccc(CN)cc1Cl. The van der Waals surface area contributed by atoms with E-state index in [4.69, 9.17) is 17.3 Å². The molecule has 2 N–H and O–H groups in total. The number of benzene rings is 1. The summed E-state index contributed by atoms with van der Waals surface area (Å²) in [7, 11) is -1.96. The van der Waals surface area contributed by atoms with Crippen LogP contribution >= 0.6 is 11.6 Å². The van der Waals surface area contributed by atoms with Crippen molar-refractivity contribution in [2.45, 2.75) is 44.2 Å². The summed E-state index contributed by atoms with van der Waals surface area (Å²) in [5.74, 6) is 0. The van der Waals surface area contributed by atoms with Gasteiger partial charge in [0.1, 0.15) is 4.90 Å². The van der Waals surface area contributed by atoms with Crippen LogP contribution in [0.25, 0.3) is 0 Å². The first-order valence-corrected chi connectivity index (χ1v) is 8.16. The van der Waals surface area contributed by atoms with E-state index in [0.29, 0.717) is 6.54 Å². The minimum absolute atomic E-state index is 0.0183. The molecule has 0 fully saturated rings. The summed E-state index contributed by atoms with van der Waals surface area (Å²) < 4.78 is 26.4. The van der Waals surface area contributed by atoms with Crippen molar-refractivity contribution >= 4 is 21.6 Å². The summed E-state index contributed by atoms with van der Waals surface area (Å²) in [6, 6.07) is 4.81. The number of nitrogens with zero attached hydrogens (tertiary/aromatic N) is 1. The number of hydrogen-bond donors (Lipinski definition) is 1. The van der Waals surface area contributed by atoms with Gasteiger partial charge in [-0.2, -0.15) is 4.31 Å². The fourth-order valence-electron chi connectivity index (χ4n) is 2.03. The maximum Gasteiger partial charge on any atom is 0.244 e. The zero-order chi connectivity index (χ0) is 14.6. The molecule has 0 aliphatic rings. The fraction of sp³-hybridized carbons (Fsp3) is 0.538. The minimum Gasteiger partial charge on any atom is -0.326 e. The molecule has 0 unspecified atom stereocenters. The maximum absolute atomic E-state index is 12.5. The number of rotatable bonds is 6. The van der Waals surface area contributed by atoms with Gasteiger partial charge in [-0.15, -0.1) is 0 Å². The first-order valence-electron chi connectivity index (χ1n) is 6.34. The number of nitrogens with two attached hydrogens (primary N) is 1. The molecule has 0 amide bonds. The van der Waals surface area contributed by atoms with E-state index in [1.165, 1.54) is 10.4 Å². The zero-order valence-corrected chi connectivity index (χ0v) is 13.1. The van der Waals surface area contributed by atoms with Gasteiger partial charge in [-0.05, 0) is 30.5 Å². The van der Waals surface area contributed by atoms with Crippen molar-refractivity contribution in [3.63, 3.8) is 0 Å². The summed E-state index contributed by atoms with van der Waals surface area (Å²) in [5.41, 5.74) is 6.32. The van der Waals surface area contributed by atoms with E-state index in [2.05, 4.69) is 0 Å².